The second kappa shape index (κ2) is 8.73. The molecule has 2 N–H and O–H groups in total. The van der Waals surface area contributed by atoms with Crippen LogP contribution in [0.25, 0.3) is 5.70 Å². The number of hydrogen-bond acceptors (Lipinski definition) is 5. The highest BCUT2D eigenvalue weighted by Gasteiger charge is 2.16. The van der Waals surface area contributed by atoms with Gasteiger partial charge in [-0.2, -0.15) is 5.26 Å². The summed E-state index contributed by atoms with van der Waals surface area (Å²) in [6, 6.07) is 9.33. The zero-order chi connectivity index (χ0) is 16.5. The van der Waals surface area contributed by atoms with Crippen LogP contribution in [0, 0.1) is 11.3 Å². The number of nitriles is 1. The molecule has 0 aliphatic carbocycles. The van der Waals surface area contributed by atoms with Gasteiger partial charge >= 0.3 is 5.97 Å². The van der Waals surface area contributed by atoms with Crippen molar-refractivity contribution in [1.29, 1.82) is 5.26 Å². The molecule has 0 amide bonds. The van der Waals surface area contributed by atoms with E-state index < -0.39 is 5.97 Å². The van der Waals surface area contributed by atoms with Crippen molar-refractivity contribution >= 4 is 17.4 Å². The maximum absolute atomic E-state index is 11.8. The zero-order valence-corrected chi connectivity index (χ0v) is 13.4. The maximum Gasteiger partial charge on any atom is 0.351 e. The molecule has 0 aliphatic rings. The van der Waals surface area contributed by atoms with Crippen LogP contribution in [0.4, 0.5) is 5.69 Å². The number of nitrogens with zero attached hydrogens (tertiary/aromatic N) is 2. The fraction of sp³-hybridized carbons (Fsp3) is 0.412. The molecule has 0 fully saturated rings. The van der Waals surface area contributed by atoms with E-state index in [1.54, 1.807) is 0 Å². The molecule has 0 unspecified atom stereocenters. The molecule has 0 heterocycles. The number of carbonyl (C=O) groups is 1. The number of hydrogen-bond donors (Lipinski definition) is 1. The van der Waals surface area contributed by atoms with Gasteiger partial charge in [-0.05, 0) is 38.0 Å². The second-order valence-electron chi connectivity index (χ2n) is 4.76. The van der Waals surface area contributed by atoms with E-state index in [-0.39, 0.29) is 17.9 Å². The molecule has 1 rings (SSSR count). The number of benzene rings is 1. The Balaban J connectivity index is 3.04. The van der Waals surface area contributed by atoms with Gasteiger partial charge in [0.15, 0.2) is 5.57 Å². The summed E-state index contributed by atoms with van der Waals surface area (Å²) in [5.74, 6) is -0.672. The van der Waals surface area contributed by atoms with Gasteiger partial charge in [-0.15, -0.1) is 0 Å². The normalized spacial score (nSPS) is 11.4. The Bertz CT molecular complexity index is 567. The van der Waals surface area contributed by atoms with Crippen LogP contribution in [0.1, 0.15) is 32.8 Å². The van der Waals surface area contributed by atoms with Gasteiger partial charge in [-0.25, -0.2) is 4.79 Å². The molecular formula is C17H23N3O2. The van der Waals surface area contributed by atoms with E-state index in [1.165, 1.54) is 0 Å². The van der Waals surface area contributed by atoms with Crippen molar-refractivity contribution in [3.63, 3.8) is 0 Å². The van der Waals surface area contributed by atoms with Crippen LogP contribution in [0.15, 0.2) is 29.8 Å². The van der Waals surface area contributed by atoms with E-state index in [1.807, 2.05) is 37.3 Å². The lowest BCUT2D eigenvalue weighted by molar-refractivity contribution is -0.138. The largest absolute Gasteiger partial charge is 0.462 e. The van der Waals surface area contributed by atoms with E-state index in [9.17, 15) is 4.79 Å². The third-order valence-corrected chi connectivity index (χ3v) is 3.33. The molecular weight excluding hydrogens is 278 g/mol. The molecule has 5 nitrogen and oxygen atoms in total. The number of rotatable bonds is 7. The van der Waals surface area contributed by atoms with Gasteiger partial charge in [0.2, 0.25) is 0 Å². The molecule has 0 spiro atoms. The van der Waals surface area contributed by atoms with Crippen molar-refractivity contribution < 1.29 is 9.53 Å². The SMILES string of the molecule is CCCOC(=O)/C(C#N)=C(\N)c1ccc(N(CC)CC)cc1. The van der Waals surface area contributed by atoms with Gasteiger partial charge in [0.25, 0.3) is 0 Å². The van der Waals surface area contributed by atoms with Gasteiger partial charge in [-0.3, -0.25) is 0 Å². The first-order chi connectivity index (χ1) is 10.6. The molecule has 1 aromatic rings. The van der Waals surface area contributed by atoms with Crippen LogP contribution in [-0.2, 0) is 9.53 Å². The van der Waals surface area contributed by atoms with E-state index in [0.29, 0.717) is 12.0 Å². The zero-order valence-electron chi connectivity index (χ0n) is 13.4. The first kappa shape index (κ1) is 17.6. The first-order valence-corrected chi connectivity index (χ1v) is 7.51. The number of carbonyl (C=O) groups excluding carboxylic acids is 1. The highest BCUT2D eigenvalue weighted by atomic mass is 16.5. The number of ether oxygens (including phenoxy) is 1. The average Bonchev–Trinajstić information content (AvgIpc) is 2.55. The van der Waals surface area contributed by atoms with E-state index >= 15 is 0 Å². The average molecular weight is 301 g/mol. The molecule has 0 saturated carbocycles. The van der Waals surface area contributed by atoms with Crippen molar-refractivity contribution in [2.24, 2.45) is 5.73 Å². The summed E-state index contributed by atoms with van der Waals surface area (Å²) in [7, 11) is 0. The predicted octanol–water partition coefficient (Wildman–Crippen LogP) is 2.68. The van der Waals surface area contributed by atoms with Crippen molar-refractivity contribution in [3.8, 4) is 6.07 Å². The lowest BCUT2D eigenvalue weighted by atomic mass is 10.1. The van der Waals surface area contributed by atoms with Gasteiger partial charge in [0.05, 0.1) is 12.3 Å². The number of nitrogens with two attached hydrogens (primary N) is 1. The summed E-state index contributed by atoms with van der Waals surface area (Å²) in [5.41, 5.74) is 7.67. The Morgan fingerprint density at radius 1 is 1.23 bits per heavy atom. The fourth-order valence-electron chi connectivity index (χ4n) is 2.07. The van der Waals surface area contributed by atoms with Crippen LogP contribution < -0.4 is 10.6 Å². The summed E-state index contributed by atoms with van der Waals surface area (Å²) in [4.78, 5) is 14.0. The molecule has 22 heavy (non-hydrogen) atoms. The highest BCUT2D eigenvalue weighted by molar-refractivity contribution is 6.01. The molecule has 118 valence electrons. The van der Waals surface area contributed by atoms with Crippen molar-refractivity contribution in [2.75, 3.05) is 24.6 Å². The fourth-order valence-corrected chi connectivity index (χ4v) is 2.07. The highest BCUT2D eigenvalue weighted by Crippen LogP contribution is 2.20. The third-order valence-electron chi connectivity index (χ3n) is 3.33. The van der Waals surface area contributed by atoms with Crippen LogP contribution in [-0.4, -0.2) is 25.7 Å². The molecule has 0 aromatic heterocycles. The third kappa shape index (κ3) is 4.26. The van der Waals surface area contributed by atoms with Gasteiger partial charge < -0.3 is 15.4 Å². The van der Waals surface area contributed by atoms with Crippen molar-refractivity contribution in [2.45, 2.75) is 27.2 Å². The van der Waals surface area contributed by atoms with Crippen molar-refractivity contribution in [3.05, 3.63) is 35.4 Å². The summed E-state index contributed by atoms with van der Waals surface area (Å²) >= 11 is 0. The Kier molecular flexibility index (Phi) is 6.97. The molecule has 0 saturated heterocycles. The molecule has 0 bridgehead atoms. The van der Waals surface area contributed by atoms with Crippen molar-refractivity contribution in [1.82, 2.24) is 0 Å². The second-order valence-corrected chi connectivity index (χ2v) is 4.76. The van der Waals surface area contributed by atoms with E-state index in [0.717, 1.165) is 18.8 Å². The molecule has 0 aliphatic heterocycles. The predicted molar refractivity (Wildman–Crippen MR) is 88.0 cm³/mol. The summed E-state index contributed by atoms with van der Waals surface area (Å²) in [6.07, 6.45) is 0.697. The standard InChI is InChI=1S/C17H23N3O2/c1-4-11-22-17(21)15(12-18)16(19)13-7-9-14(10-8-13)20(5-2)6-3/h7-10H,4-6,11,19H2,1-3H3/b16-15-. The number of esters is 1. The summed E-state index contributed by atoms with van der Waals surface area (Å²) in [5, 5.41) is 9.15. The minimum Gasteiger partial charge on any atom is -0.462 e. The first-order valence-electron chi connectivity index (χ1n) is 7.51. The van der Waals surface area contributed by atoms with Crippen LogP contribution in [0.3, 0.4) is 0 Å². The minimum absolute atomic E-state index is 0.148. The van der Waals surface area contributed by atoms with Crippen LogP contribution in [0.2, 0.25) is 0 Å². The Morgan fingerprint density at radius 2 is 1.82 bits per heavy atom. The summed E-state index contributed by atoms with van der Waals surface area (Å²) in [6.45, 7) is 8.16. The number of anilines is 1. The Hall–Kier alpha value is -2.48. The van der Waals surface area contributed by atoms with Gasteiger partial charge in [0, 0.05) is 18.8 Å². The van der Waals surface area contributed by atoms with Crippen LogP contribution >= 0.6 is 0 Å². The van der Waals surface area contributed by atoms with Gasteiger partial charge in [-0.1, -0.05) is 19.1 Å². The lowest BCUT2D eigenvalue weighted by Crippen LogP contribution is -2.21. The minimum atomic E-state index is -0.672. The van der Waals surface area contributed by atoms with E-state index in [2.05, 4.69) is 18.7 Å². The molecule has 0 atom stereocenters. The summed E-state index contributed by atoms with van der Waals surface area (Å²) < 4.78 is 4.98. The molecule has 0 radical (unpaired) electrons. The maximum atomic E-state index is 11.8. The molecule has 1 aromatic carbocycles. The topological polar surface area (TPSA) is 79.3 Å². The smallest absolute Gasteiger partial charge is 0.351 e. The Morgan fingerprint density at radius 3 is 2.27 bits per heavy atom. The Labute approximate surface area is 132 Å². The lowest BCUT2D eigenvalue weighted by Gasteiger charge is -2.21. The van der Waals surface area contributed by atoms with E-state index in [4.69, 9.17) is 15.7 Å². The quantitative estimate of drug-likeness (QED) is 0.476. The van der Waals surface area contributed by atoms with Crippen LogP contribution in [0.5, 0.6) is 0 Å². The van der Waals surface area contributed by atoms with Gasteiger partial charge in [0.1, 0.15) is 6.07 Å². The monoisotopic (exact) mass is 301 g/mol. The molecule has 5 heteroatoms.